The second kappa shape index (κ2) is 4.73. The van der Waals surface area contributed by atoms with Crippen LogP contribution >= 0.6 is 11.6 Å². The number of anilines is 1. The van der Waals surface area contributed by atoms with Crippen molar-refractivity contribution in [2.24, 2.45) is 0 Å². The van der Waals surface area contributed by atoms with Gasteiger partial charge < -0.3 is 19.7 Å². The molecule has 1 aromatic carbocycles. The SMILES string of the molecule is COc1cc(F)c(Cl)c(-c2cnoc2N)c1OC. The van der Waals surface area contributed by atoms with E-state index < -0.39 is 5.82 Å². The van der Waals surface area contributed by atoms with Crippen molar-refractivity contribution < 1.29 is 18.4 Å². The predicted octanol–water partition coefficient (Wildman–Crippen LogP) is 2.73. The molecule has 0 spiro atoms. The lowest BCUT2D eigenvalue weighted by Crippen LogP contribution is -1.97. The van der Waals surface area contributed by atoms with Gasteiger partial charge >= 0.3 is 0 Å². The van der Waals surface area contributed by atoms with Crippen LogP contribution in [0.3, 0.4) is 0 Å². The minimum Gasteiger partial charge on any atom is -0.493 e. The minimum absolute atomic E-state index is 0.0165. The third-order valence-electron chi connectivity index (χ3n) is 2.43. The molecule has 1 heterocycles. The fraction of sp³-hybridized carbons (Fsp3) is 0.182. The highest BCUT2D eigenvalue weighted by atomic mass is 35.5. The molecule has 0 bridgehead atoms. The molecule has 96 valence electrons. The number of hydrogen-bond donors (Lipinski definition) is 1. The lowest BCUT2D eigenvalue weighted by Gasteiger charge is -2.14. The van der Waals surface area contributed by atoms with Crippen LogP contribution in [-0.2, 0) is 0 Å². The first-order valence-electron chi connectivity index (χ1n) is 4.90. The van der Waals surface area contributed by atoms with Gasteiger partial charge in [-0.05, 0) is 0 Å². The topological polar surface area (TPSA) is 70.5 Å². The summed E-state index contributed by atoms with van der Waals surface area (Å²) < 4.78 is 28.7. The van der Waals surface area contributed by atoms with Crippen LogP contribution in [0.25, 0.3) is 11.1 Å². The molecule has 5 nitrogen and oxygen atoms in total. The summed E-state index contributed by atoms with van der Waals surface area (Å²) in [5.74, 6) is -0.165. The third kappa shape index (κ3) is 1.84. The van der Waals surface area contributed by atoms with Crippen molar-refractivity contribution in [1.82, 2.24) is 5.16 Å². The lowest BCUT2D eigenvalue weighted by molar-refractivity contribution is 0.353. The fourth-order valence-electron chi connectivity index (χ4n) is 1.62. The van der Waals surface area contributed by atoms with Crippen LogP contribution in [-0.4, -0.2) is 19.4 Å². The van der Waals surface area contributed by atoms with E-state index in [1.807, 2.05) is 0 Å². The van der Waals surface area contributed by atoms with Crippen molar-refractivity contribution in [3.8, 4) is 22.6 Å². The summed E-state index contributed by atoms with van der Waals surface area (Å²) in [6.07, 6.45) is 1.33. The van der Waals surface area contributed by atoms with Gasteiger partial charge in [0.15, 0.2) is 11.5 Å². The molecule has 0 aliphatic carbocycles. The molecular weight excluding hydrogens is 263 g/mol. The Labute approximate surface area is 107 Å². The van der Waals surface area contributed by atoms with Gasteiger partial charge in [0, 0.05) is 6.07 Å². The van der Waals surface area contributed by atoms with Gasteiger partial charge in [-0.25, -0.2) is 4.39 Å². The maximum absolute atomic E-state index is 13.7. The van der Waals surface area contributed by atoms with Crippen molar-refractivity contribution >= 4 is 17.5 Å². The van der Waals surface area contributed by atoms with Crippen molar-refractivity contribution in [2.75, 3.05) is 20.0 Å². The zero-order valence-electron chi connectivity index (χ0n) is 9.66. The number of nitrogens with zero attached hydrogens (tertiary/aromatic N) is 1. The van der Waals surface area contributed by atoms with Crippen LogP contribution in [0, 0.1) is 5.82 Å². The molecule has 18 heavy (non-hydrogen) atoms. The molecule has 2 aromatic rings. The molecule has 0 unspecified atom stereocenters. The Kier molecular flexibility index (Phi) is 3.29. The predicted molar refractivity (Wildman–Crippen MR) is 64.4 cm³/mol. The van der Waals surface area contributed by atoms with E-state index in [2.05, 4.69) is 5.16 Å². The molecule has 0 radical (unpaired) electrons. The summed E-state index contributed by atoms with van der Waals surface area (Å²) in [5.41, 5.74) is 6.19. The van der Waals surface area contributed by atoms with Crippen LogP contribution in [0.2, 0.25) is 5.02 Å². The first-order valence-corrected chi connectivity index (χ1v) is 5.28. The largest absolute Gasteiger partial charge is 0.493 e. The van der Waals surface area contributed by atoms with E-state index in [-0.39, 0.29) is 28.0 Å². The minimum atomic E-state index is -0.648. The standard InChI is InChI=1S/C11H10ClFN2O3/c1-16-7-3-6(13)9(12)8(10(7)17-2)5-4-15-18-11(5)14/h3-4H,14H2,1-2H3. The van der Waals surface area contributed by atoms with Crippen molar-refractivity contribution in [3.63, 3.8) is 0 Å². The van der Waals surface area contributed by atoms with Gasteiger partial charge in [0.1, 0.15) is 5.82 Å². The molecule has 7 heteroatoms. The number of rotatable bonds is 3. The van der Waals surface area contributed by atoms with Crippen LogP contribution < -0.4 is 15.2 Å². The molecule has 0 atom stereocenters. The van der Waals surface area contributed by atoms with E-state index >= 15 is 0 Å². The Balaban J connectivity index is 2.79. The summed E-state index contributed by atoms with van der Waals surface area (Å²) in [6.45, 7) is 0. The molecular formula is C11H10ClFN2O3. The third-order valence-corrected chi connectivity index (χ3v) is 2.80. The molecule has 0 saturated carbocycles. The normalized spacial score (nSPS) is 10.4. The van der Waals surface area contributed by atoms with E-state index in [0.29, 0.717) is 5.56 Å². The van der Waals surface area contributed by atoms with Crippen LogP contribution in [0.5, 0.6) is 11.5 Å². The van der Waals surface area contributed by atoms with Crippen molar-refractivity contribution in [3.05, 3.63) is 23.1 Å². The smallest absolute Gasteiger partial charge is 0.230 e. The Bertz CT molecular complexity index is 586. The van der Waals surface area contributed by atoms with E-state index in [4.69, 9.17) is 31.3 Å². The first-order chi connectivity index (χ1) is 8.60. The van der Waals surface area contributed by atoms with Gasteiger partial charge in [-0.3, -0.25) is 0 Å². The number of ether oxygens (including phenoxy) is 2. The highest BCUT2D eigenvalue weighted by molar-refractivity contribution is 6.34. The van der Waals surface area contributed by atoms with E-state index in [1.54, 1.807) is 0 Å². The van der Waals surface area contributed by atoms with Crippen LogP contribution in [0.4, 0.5) is 10.3 Å². The van der Waals surface area contributed by atoms with E-state index in [9.17, 15) is 4.39 Å². The lowest BCUT2D eigenvalue weighted by atomic mass is 10.1. The molecule has 0 fully saturated rings. The molecule has 0 saturated heterocycles. The molecule has 0 aliphatic heterocycles. The van der Waals surface area contributed by atoms with E-state index in [0.717, 1.165) is 6.07 Å². The summed E-state index contributed by atoms with van der Waals surface area (Å²) in [6, 6.07) is 1.13. The number of aromatic nitrogens is 1. The summed E-state index contributed by atoms with van der Waals surface area (Å²) in [4.78, 5) is 0. The second-order valence-electron chi connectivity index (χ2n) is 3.39. The number of hydrogen-bond acceptors (Lipinski definition) is 5. The maximum Gasteiger partial charge on any atom is 0.230 e. The number of nitrogens with two attached hydrogens (primary N) is 1. The van der Waals surface area contributed by atoms with Gasteiger partial charge in [0.2, 0.25) is 5.88 Å². The highest BCUT2D eigenvalue weighted by Crippen LogP contribution is 2.45. The molecule has 1 aromatic heterocycles. The zero-order chi connectivity index (χ0) is 13.3. The fourth-order valence-corrected chi connectivity index (χ4v) is 1.86. The zero-order valence-corrected chi connectivity index (χ0v) is 10.4. The monoisotopic (exact) mass is 272 g/mol. The highest BCUT2D eigenvalue weighted by Gasteiger charge is 2.23. The maximum atomic E-state index is 13.7. The van der Waals surface area contributed by atoms with Gasteiger partial charge in [0.05, 0.1) is 36.6 Å². The Morgan fingerprint density at radius 2 is 2.11 bits per heavy atom. The average Bonchev–Trinajstić information content (AvgIpc) is 2.78. The number of methoxy groups -OCH3 is 2. The van der Waals surface area contributed by atoms with Crippen LogP contribution in [0.15, 0.2) is 16.8 Å². The molecule has 0 aliphatic rings. The first kappa shape index (κ1) is 12.5. The van der Waals surface area contributed by atoms with Crippen LogP contribution in [0.1, 0.15) is 0 Å². The van der Waals surface area contributed by atoms with Gasteiger partial charge in [-0.15, -0.1) is 0 Å². The Morgan fingerprint density at radius 1 is 1.39 bits per heavy atom. The number of halogens is 2. The average molecular weight is 273 g/mol. The second-order valence-corrected chi connectivity index (χ2v) is 3.76. The van der Waals surface area contributed by atoms with E-state index in [1.165, 1.54) is 20.4 Å². The molecule has 2 N–H and O–H groups in total. The molecule has 2 rings (SSSR count). The number of benzene rings is 1. The van der Waals surface area contributed by atoms with Crippen molar-refractivity contribution in [2.45, 2.75) is 0 Å². The Hall–Kier alpha value is -1.95. The van der Waals surface area contributed by atoms with Gasteiger partial charge in [0.25, 0.3) is 0 Å². The summed E-state index contributed by atoms with van der Waals surface area (Å²) >= 11 is 5.93. The van der Waals surface area contributed by atoms with Crippen molar-refractivity contribution in [1.29, 1.82) is 0 Å². The summed E-state index contributed by atoms with van der Waals surface area (Å²) in [5, 5.41) is 3.39. The number of nitrogen functional groups attached to an aromatic ring is 1. The van der Waals surface area contributed by atoms with Gasteiger partial charge in [-0.2, -0.15) is 0 Å². The molecule has 0 amide bonds. The quantitative estimate of drug-likeness (QED) is 0.930. The Morgan fingerprint density at radius 3 is 2.61 bits per heavy atom. The van der Waals surface area contributed by atoms with Gasteiger partial charge in [-0.1, -0.05) is 16.8 Å². The summed E-state index contributed by atoms with van der Waals surface area (Å²) in [7, 11) is 2.81.